The number of para-hydroxylation sites is 1. The van der Waals surface area contributed by atoms with Crippen molar-refractivity contribution < 1.29 is 29.2 Å². The maximum Gasteiger partial charge on any atom is 0.242 e. The molecule has 0 aliphatic rings. The number of likely N-dealkylation sites (N-methyl/N-ethyl adjacent to an activating group) is 1. The second-order valence-corrected chi connectivity index (χ2v) is 7.40. The summed E-state index contributed by atoms with van der Waals surface area (Å²) in [6, 6.07) is 17.7. The SMILES string of the molecule is CNC(=O)[C@H](Cc1ccccc1)NC(=O)[C@H](Cc1cc2ccccc2o1)C(O)CONO. The molecule has 32 heavy (non-hydrogen) atoms. The lowest BCUT2D eigenvalue weighted by atomic mass is 9.95. The molecule has 2 amide bonds. The predicted octanol–water partition coefficient (Wildman–Crippen LogP) is 1.34. The first-order valence-corrected chi connectivity index (χ1v) is 10.2. The fourth-order valence-corrected chi connectivity index (χ4v) is 3.51. The predicted molar refractivity (Wildman–Crippen MR) is 116 cm³/mol. The molecule has 170 valence electrons. The van der Waals surface area contributed by atoms with Gasteiger partial charge in [0.05, 0.1) is 18.6 Å². The first-order chi connectivity index (χ1) is 15.5. The maximum absolute atomic E-state index is 13.2. The van der Waals surface area contributed by atoms with Crippen LogP contribution in [0.25, 0.3) is 11.0 Å². The van der Waals surface area contributed by atoms with Crippen molar-refractivity contribution in [3.63, 3.8) is 0 Å². The van der Waals surface area contributed by atoms with Gasteiger partial charge in [0.15, 0.2) is 0 Å². The van der Waals surface area contributed by atoms with Gasteiger partial charge in [-0.1, -0.05) is 54.2 Å². The number of aliphatic hydroxyl groups excluding tert-OH is 1. The van der Waals surface area contributed by atoms with E-state index in [4.69, 9.17) is 9.62 Å². The second kappa shape index (κ2) is 11.4. The minimum Gasteiger partial charge on any atom is -0.461 e. The summed E-state index contributed by atoms with van der Waals surface area (Å²) in [4.78, 5) is 30.2. The van der Waals surface area contributed by atoms with Crippen molar-refractivity contribution in [1.82, 2.24) is 16.3 Å². The van der Waals surface area contributed by atoms with Crippen molar-refractivity contribution in [2.75, 3.05) is 13.7 Å². The number of hydrogen-bond acceptors (Lipinski definition) is 7. The molecule has 0 saturated heterocycles. The quantitative estimate of drug-likeness (QED) is 0.284. The second-order valence-electron chi connectivity index (χ2n) is 7.40. The van der Waals surface area contributed by atoms with Gasteiger partial charge in [-0.15, -0.1) is 0 Å². The van der Waals surface area contributed by atoms with Crippen molar-refractivity contribution in [2.24, 2.45) is 5.92 Å². The van der Waals surface area contributed by atoms with Crippen molar-refractivity contribution in [3.8, 4) is 0 Å². The van der Waals surface area contributed by atoms with E-state index in [2.05, 4.69) is 15.5 Å². The van der Waals surface area contributed by atoms with E-state index in [9.17, 15) is 14.7 Å². The highest BCUT2D eigenvalue weighted by Gasteiger charge is 2.32. The van der Waals surface area contributed by atoms with Gasteiger partial charge in [0.25, 0.3) is 0 Å². The van der Waals surface area contributed by atoms with Crippen molar-refractivity contribution in [2.45, 2.75) is 25.0 Å². The molecule has 1 aromatic heterocycles. The molecule has 0 radical (unpaired) electrons. The van der Waals surface area contributed by atoms with Gasteiger partial charge in [0.2, 0.25) is 11.8 Å². The number of rotatable bonds is 11. The number of benzene rings is 2. The summed E-state index contributed by atoms with van der Waals surface area (Å²) in [5.41, 5.74) is 3.04. The Balaban J connectivity index is 1.79. The Hall–Kier alpha value is -3.24. The summed E-state index contributed by atoms with van der Waals surface area (Å²) in [5, 5.41) is 25.4. The normalized spacial score (nSPS) is 14.0. The minimum atomic E-state index is -1.27. The Morgan fingerprint density at radius 2 is 1.75 bits per heavy atom. The molecule has 1 unspecified atom stereocenters. The molecular formula is C23H27N3O6. The standard InChI is InChI=1S/C23H27N3O6/c1-24-23(29)19(11-15-7-3-2-4-8-15)25-22(28)18(20(27)14-31-26-30)13-17-12-16-9-5-6-10-21(16)32-17/h2-10,12,18-20,26-27,30H,11,13-14H2,1H3,(H,24,29)(H,25,28)/t18-,19+,20?/m1/s1. The van der Waals surface area contributed by atoms with Crippen LogP contribution in [0.4, 0.5) is 0 Å². The first kappa shape index (κ1) is 23.4. The fraction of sp³-hybridized carbons (Fsp3) is 0.304. The van der Waals surface area contributed by atoms with E-state index in [0.717, 1.165) is 10.9 Å². The monoisotopic (exact) mass is 441 g/mol. The van der Waals surface area contributed by atoms with Gasteiger partial charge in [0, 0.05) is 25.3 Å². The number of nitrogens with one attached hydrogen (secondary N) is 3. The summed E-state index contributed by atoms with van der Waals surface area (Å²) in [6.45, 7) is -0.349. The summed E-state index contributed by atoms with van der Waals surface area (Å²) in [7, 11) is 1.49. The summed E-state index contributed by atoms with van der Waals surface area (Å²) in [6.07, 6.45) is -0.915. The van der Waals surface area contributed by atoms with Gasteiger partial charge in [-0.3, -0.25) is 19.6 Å². The van der Waals surface area contributed by atoms with E-state index >= 15 is 0 Å². The lowest BCUT2D eigenvalue weighted by Crippen LogP contribution is -2.51. The van der Waals surface area contributed by atoms with Crippen LogP contribution >= 0.6 is 0 Å². The van der Waals surface area contributed by atoms with E-state index < -0.39 is 24.0 Å². The molecule has 2 aromatic carbocycles. The highest BCUT2D eigenvalue weighted by Crippen LogP contribution is 2.23. The largest absolute Gasteiger partial charge is 0.461 e. The molecule has 0 aliphatic carbocycles. The third-order valence-corrected chi connectivity index (χ3v) is 5.18. The molecule has 1 heterocycles. The zero-order valence-corrected chi connectivity index (χ0v) is 17.7. The molecular weight excluding hydrogens is 414 g/mol. The zero-order chi connectivity index (χ0) is 22.9. The molecule has 9 nitrogen and oxygen atoms in total. The average Bonchev–Trinajstić information content (AvgIpc) is 3.23. The highest BCUT2D eigenvalue weighted by atomic mass is 16.8. The van der Waals surface area contributed by atoms with E-state index in [-0.39, 0.29) is 25.4 Å². The molecule has 3 atom stereocenters. The Morgan fingerprint density at radius 3 is 2.44 bits per heavy atom. The molecule has 0 fully saturated rings. The van der Waals surface area contributed by atoms with Crippen molar-refractivity contribution in [3.05, 3.63) is 72.0 Å². The number of amides is 2. The van der Waals surface area contributed by atoms with Crippen LogP contribution in [0.2, 0.25) is 0 Å². The molecule has 0 aliphatic heterocycles. The topological polar surface area (TPSA) is 133 Å². The summed E-state index contributed by atoms with van der Waals surface area (Å²) >= 11 is 0. The van der Waals surface area contributed by atoms with Crippen LogP contribution in [0.1, 0.15) is 11.3 Å². The van der Waals surface area contributed by atoms with E-state index in [1.807, 2.05) is 54.6 Å². The number of carbonyl (C=O) groups is 2. The van der Waals surface area contributed by atoms with Crippen molar-refractivity contribution >= 4 is 22.8 Å². The van der Waals surface area contributed by atoms with Gasteiger partial charge in [-0.05, 0) is 17.7 Å². The van der Waals surface area contributed by atoms with Gasteiger partial charge >= 0.3 is 0 Å². The molecule has 3 rings (SSSR count). The molecule has 5 N–H and O–H groups in total. The number of carbonyl (C=O) groups excluding carboxylic acids is 2. The lowest BCUT2D eigenvalue weighted by Gasteiger charge is -2.24. The van der Waals surface area contributed by atoms with E-state index in [0.29, 0.717) is 11.3 Å². The van der Waals surface area contributed by atoms with Gasteiger partial charge in [-0.25, -0.2) is 0 Å². The van der Waals surface area contributed by atoms with Crippen LogP contribution in [0.3, 0.4) is 0 Å². The highest BCUT2D eigenvalue weighted by molar-refractivity contribution is 5.89. The maximum atomic E-state index is 13.2. The van der Waals surface area contributed by atoms with Crippen LogP contribution in [-0.4, -0.2) is 47.9 Å². The van der Waals surface area contributed by atoms with Gasteiger partial charge in [-0.2, -0.15) is 0 Å². The van der Waals surface area contributed by atoms with Crippen LogP contribution in [0.15, 0.2) is 65.1 Å². The third kappa shape index (κ3) is 6.14. The third-order valence-electron chi connectivity index (χ3n) is 5.18. The van der Waals surface area contributed by atoms with Crippen LogP contribution < -0.4 is 16.3 Å². The number of furan rings is 1. The fourth-order valence-electron chi connectivity index (χ4n) is 3.51. The number of aliphatic hydroxyl groups is 1. The van der Waals surface area contributed by atoms with Gasteiger partial charge in [0.1, 0.15) is 17.4 Å². The lowest BCUT2D eigenvalue weighted by molar-refractivity contribution is -0.158. The zero-order valence-electron chi connectivity index (χ0n) is 17.7. The Labute approximate surface area is 185 Å². The summed E-state index contributed by atoms with van der Waals surface area (Å²) < 4.78 is 5.80. The van der Waals surface area contributed by atoms with Crippen LogP contribution in [-0.2, 0) is 27.3 Å². The number of hydrogen-bond donors (Lipinski definition) is 5. The number of fused-ring (bicyclic) bond motifs is 1. The minimum absolute atomic E-state index is 0.0717. The summed E-state index contributed by atoms with van der Waals surface area (Å²) in [5.74, 6) is -1.38. The van der Waals surface area contributed by atoms with Crippen LogP contribution in [0.5, 0.6) is 0 Å². The molecule has 3 aromatic rings. The van der Waals surface area contributed by atoms with Crippen molar-refractivity contribution in [1.29, 1.82) is 0 Å². The van der Waals surface area contributed by atoms with Gasteiger partial charge < -0.3 is 20.2 Å². The Morgan fingerprint density at radius 1 is 1.03 bits per heavy atom. The Kier molecular flexibility index (Phi) is 8.34. The molecule has 9 heteroatoms. The first-order valence-electron chi connectivity index (χ1n) is 10.2. The van der Waals surface area contributed by atoms with E-state index in [1.54, 1.807) is 6.07 Å². The molecule has 0 spiro atoms. The van der Waals surface area contributed by atoms with E-state index in [1.165, 1.54) is 12.7 Å². The smallest absolute Gasteiger partial charge is 0.242 e. The molecule has 0 bridgehead atoms. The average molecular weight is 441 g/mol. The molecule has 0 saturated carbocycles. The Bertz CT molecular complexity index is 990. The van der Waals surface area contributed by atoms with Crippen LogP contribution in [0, 0.1) is 5.92 Å².